The van der Waals surface area contributed by atoms with E-state index in [-0.39, 0.29) is 54.3 Å². The SMILES string of the molecule is CCOC(=O)c1c(C[S+]([O-])Cc2ccccc2OC)n(C)c2cc(Br)c(O)c(CNC(=N)N)c12.Cl. The quantitative estimate of drug-likeness (QED) is 0.129. The van der Waals surface area contributed by atoms with Gasteiger partial charge in [-0.25, -0.2) is 4.79 Å². The van der Waals surface area contributed by atoms with Crippen molar-refractivity contribution in [1.82, 2.24) is 9.88 Å². The smallest absolute Gasteiger partial charge is 0.340 e. The lowest BCUT2D eigenvalue weighted by Crippen LogP contribution is -2.29. The number of aromatic hydroxyl groups is 1. The number of aryl methyl sites for hydroxylation is 1. The third kappa shape index (κ3) is 6.16. The summed E-state index contributed by atoms with van der Waals surface area (Å²) in [5.74, 6) is 0.0168. The molecule has 0 fully saturated rings. The molecule has 1 unspecified atom stereocenters. The van der Waals surface area contributed by atoms with Crippen LogP contribution < -0.4 is 15.8 Å². The largest absolute Gasteiger partial charge is 0.616 e. The number of guanidine groups is 1. The maximum absolute atomic E-state index is 13.2. The normalized spacial score (nSPS) is 11.6. The highest BCUT2D eigenvalue weighted by Gasteiger charge is 2.29. The molecule has 0 aliphatic rings. The molecule has 0 spiro atoms. The van der Waals surface area contributed by atoms with Crippen molar-refractivity contribution in [2.45, 2.75) is 25.0 Å². The number of carbonyl (C=O) groups excluding carboxylic acids is 1. The second-order valence-electron chi connectivity index (χ2n) is 7.49. The third-order valence-corrected chi connectivity index (χ3v) is 7.21. The van der Waals surface area contributed by atoms with Gasteiger partial charge in [-0.05, 0) is 46.2 Å². The van der Waals surface area contributed by atoms with Gasteiger partial charge in [-0.3, -0.25) is 5.41 Å². The Labute approximate surface area is 221 Å². The van der Waals surface area contributed by atoms with Crippen LogP contribution in [0.4, 0.5) is 0 Å². The Bertz CT molecular complexity index is 1240. The summed E-state index contributed by atoms with van der Waals surface area (Å²) < 4.78 is 26.1. The van der Waals surface area contributed by atoms with Gasteiger partial charge in [0.05, 0.1) is 35.0 Å². The van der Waals surface area contributed by atoms with Gasteiger partial charge in [0.25, 0.3) is 0 Å². The van der Waals surface area contributed by atoms with E-state index in [1.54, 1.807) is 31.7 Å². The average Bonchev–Trinajstić information content (AvgIpc) is 3.05. The predicted octanol–water partition coefficient (Wildman–Crippen LogP) is 3.69. The van der Waals surface area contributed by atoms with Crippen LogP contribution in [0.5, 0.6) is 11.5 Å². The van der Waals surface area contributed by atoms with Gasteiger partial charge in [-0.1, -0.05) is 18.2 Å². The first-order valence-electron chi connectivity index (χ1n) is 10.4. The summed E-state index contributed by atoms with van der Waals surface area (Å²) >= 11 is 1.97. The first-order valence-corrected chi connectivity index (χ1v) is 12.7. The van der Waals surface area contributed by atoms with Crippen LogP contribution in [0, 0.1) is 5.41 Å². The van der Waals surface area contributed by atoms with Gasteiger partial charge < -0.3 is 34.8 Å². The molecule has 3 aromatic rings. The zero-order chi connectivity index (χ0) is 25.0. The fraction of sp³-hybridized carbons (Fsp3) is 0.304. The summed E-state index contributed by atoms with van der Waals surface area (Å²) in [5.41, 5.74) is 8.01. The van der Waals surface area contributed by atoms with E-state index in [9.17, 15) is 14.5 Å². The molecule has 1 atom stereocenters. The summed E-state index contributed by atoms with van der Waals surface area (Å²) in [4.78, 5) is 13.1. The van der Waals surface area contributed by atoms with E-state index in [1.165, 1.54) is 0 Å². The Morgan fingerprint density at radius 3 is 2.66 bits per heavy atom. The minimum absolute atomic E-state index is 0. The van der Waals surface area contributed by atoms with Crippen molar-refractivity contribution < 1.29 is 23.9 Å². The number of aromatic nitrogens is 1. The predicted molar refractivity (Wildman–Crippen MR) is 143 cm³/mol. The molecule has 1 heterocycles. The van der Waals surface area contributed by atoms with E-state index in [4.69, 9.17) is 20.6 Å². The van der Waals surface area contributed by atoms with Crippen molar-refractivity contribution >= 4 is 62.3 Å². The number of carbonyl (C=O) groups is 1. The Balaban J connectivity index is 0.00000432. The lowest BCUT2D eigenvalue weighted by Gasteiger charge is -2.15. The number of rotatable bonds is 9. The average molecular weight is 588 g/mol. The molecule has 5 N–H and O–H groups in total. The number of fused-ring (bicyclic) bond motifs is 1. The van der Waals surface area contributed by atoms with Gasteiger partial charge in [0.2, 0.25) is 0 Å². The Kier molecular flexibility index (Phi) is 10.1. The number of halogens is 2. The second kappa shape index (κ2) is 12.4. The van der Waals surface area contributed by atoms with Crippen LogP contribution in [-0.4, -0.2) is 39.9 Å². The summed E-state index contributed by atoms with van der Waals surface area (Å²) in [6, 6.07) is 9.05. The number of benzene rings is 2. The molecule has 0 amide bonds. The number of nitrogens with two attached hydrogens (primary N) is 1. The van der Waals surface area contributed by atoms with Gasteiger partial charge in [0, 0.05) is 30.1 Å². The number of phenolic OH excluding ortho intramolecular Hbond substituents is 1. The molecule has 9 nitrogen and oxygen atoms in total. The van der Waals surface area contributed by atoms with Crippen LogP contribution in [0.15, 0.2) is 34.8 Å². The van der Waals surface area contributed by atoms with Gasteiger partial charge >= 0.3 is 5.97 Å². The maximum atomic E-state index is 13.2. The van der Waals surface area contributed by atoms with Crippen LogP contribution in [0.25, 0.3) is 10.9 Å². The van der Waals surface area contributed by atoms with Crippen molar-refractivity contribution in [2.75, 3.05) is 13.7 Å². The van der Waals surface area contributed by atoms with Crippen LogP contribution in [0.3, 0.4) is 0 Å². The lowest BCUT2D eigenvalue weighted by atomic mass is 10.0. The molecule has 3 rings (SSSR count). The zero-order valence-electron chi connectivity index (χ0n) is 19.5. The van der Waals surface area contributed by atoms with Crippen LogP contribution >= 0.6 is 28.3 Å². The van der Waals surface area contributed by atoms with Gasteiger partial charge in [0.1, 0.15) is 23.0 Å². The summed E-state index contributed by atoms with van der Waals surface area (Å²) in [7, 11) is 3.33. The number of hydrogen-bond acceptors (Lipinski definition) is 6. The number of hydrogen-bond donors (Lipinski definition) is 4. The minimum Gasteiger partial charge on any atom is -0.616 e. The Morgan fingerprint density at radius 1 is 1.34 bits per heavy atom. The van der Waals surface area contributed by atoms with Crippen molar-refractivity contribution in [2.24, 2.45) is 12.8 Å². The molecular formula is C23H28BrClN4O5S. The number of esters is 1. The molecule has 0 radical (unpaired) electrons. The third-order valence-electron chi connectivity index (χ3n) is 5.38. The minimum atomic E-state index is -1.38. The summed E-state index contributed by atoms with van der Waals surface area (Å²) in [6.07, 6.45) is 0. The monoisotopic (exact) mass is 586 g/mol. The molecule has 190 valence electrons. The van der Waals surface area contributed by atoms with Crippen molar-refractivity contribution in [1.29, 1.82) is 5.41 Å². The second-order valence-corrected chi connectivity index (χ2v) is 9.80. The Hall–Kier alpha value is -2.60. The van der Waals surface area contributed by atoms with E-state index in [2.05, 4.69) is 21.2 Å². The molecule has 0 saturated carbocycles. The van der Waals surface area contributed by atoms with Crippen molar-refractivity contribution in [3.8, 4) is 11.5 Å². The maximum Gasteiger partial charge on any atom is 0.340 e. The number of para-hydroxylation sites is 1. The van der Waals surface area contributed by atoms with E-state index < -0.39 is 17.1 Å². The highest BCUT2D eigenvalue weighted by molar-refractivity contribution is 9.10. The highest BCUT2D eigenvalue weighted by Crippen LogP contribution is 2.40. The number of phenols is 1. The lowest BCUT2D eigenvalue weighted by molar-refractivity contribution is 0.0527. The van der Waals surface area contributed by atoms with Gasteiger partial charge in [0.15, 0.2) is 5.96 Å². The molecule has 0 aliphatic heterocycles. The van der Waals surface area contributed by atoms with E-state index >= 15 is 0 Å². The van der Waals surface area contributed by atoms with Crippen LogP contribution in [0.2, 0.25) is 0 Å². The molecule has 0 aliphatic carbocycles. The number of nitrogens with zero attached hydrogens (tertiary/aromatic N) is 1. The summed E-state index contributed by atoms with van der Waals surface area (Å²) in [6.45, 7) is 1.87. The topological polar surface area (TPSA) is 146 Å². The molecule has 0 bridgehead atoms. The van der Waals surface area contributed by atoms with Crippen molar-refractivity contribution in [3.05, 3.63) is 57.2 Å². The molecule has 2 aromatic carbocycles. The zero-order valence-corrected chi connectivity index (χ0v) is 22.7. The molecule has 0 saturated heterocycles. The highest BCUT2D eigenvalue weighted by atomic mass is 79.9. The number of nitrogens with one attached hydrogen (secondary N) is 2. The van der Waals surface area contributed by atoms with Gasteiger partial charge in [-0.2, -0.15) is 0 Å². The number of ether oxygens (including phenoxy) is 2. The number of methoxy groups -OCH3 is 1. The molecular weight excluding hydrogens is 560 g/mol. The van der Waals surface area contributed by atoms with Gasteiger partial charge in [-0.15, -0.1) is 12.4 Å². The standard InChI is InChI=1S/C23H27BrN4O5S.ClH/c1-4-33-22(30)20-17(12-34(31)11-13-7-5-6-8-18(13)32-3)28(2)16-9-15(24)21(29)14(19(16)20)10-27-23(25)26;/h5-9,29H,4,10-12H2,1-3H3,(H4,25,26,27);1H. The first kappa shape index (κ1) is 28.6. The Morgan fingerprint density at radius 2 is 2.03 bits per heavy atom. The first-order chi connectivity index (χ1) is 16.2. The van der Waals surface area contributed by atoms with E-state index in [0.29, 0.717) is 32.4 Å². The van der Waals surface area contributed by atoms with E-state index in [0.717, 1.165) is 5.56 Å². The van der Waals surface area contributed by atoms with Crippen LogP contribution in [-0.2, 0) is 41.0 Å². The summed E-state index contributed by atoms with van der Waals surface area (Å²) in [5, 5.41) is 21.4. The fourth-order valence-electron chi connectivity index (χ4n) is 3.83. The molecule has 35 heavy (non-hydrogen) atoms. The fourth-order valence-corrected chi connectivity index (χ4v) is 5.61. The van der Waals surface area contributed by atoms with E-state index in [1.807, 2.05) is 24.3 Å². The molecule has 12 heteroatoms. The van der Waals surface area contributed by atoms with Crippen LogP contribution in [0.1, 0.15) is 34.1 Å². The van der Waals surface area contributed by atoms with Crippen molar-refractivity contribution in [3.63, 3.8) is 0 Å². The molecule has 1 aromatic heterocycles.